The zero-order chi connectivity index (χ0) is 29.6. The zero-order valence-electron chi connectivity index (χ0n) is 21.5. The molecule has 0 bridgehead atoms. The predicted molar refractivity (Wildman–Crippen MR) is 140 cm³/mol. The van der Waals surface area contributed by atoms with Crippen LogP contribution < -0.4 is 0 Å². The second-order valence-corrected chi connectivity index (χ2v) is 9.68. The van der Waals surface area contributed by atoms with Crippen molar-refractivity contribution in [2.24, 2.45) is 0 Å². The molecule has 0 radical (unpaired) electrons. The van der Waals surface area contributed by atoms with Gasteiger partial charge in [0.15, 0.2) is 5.69 Å². The summed E-state index contributed by atoms with van der Waals surface area (Å²) in [6.07, 6.45) is -4.39. The first-order chi connectivity index (χ1) is 19.4. The highest BCUT2D eigenvalue weighted by molar-refractivity contribution is 6.30. The van der Waals surface area contributed by atoms with Crippen molar-refractivity contribution in [3.63, 3.8) is 0 Å². The number of rotatable bonds is 4. The molecule has 1 fully saturated rings. The van der Waals surface area contributed by atoms with E-state index in [-0.39, 0.29) is 23.0 Å². The van der Waals surface area contributed by atoms with Crippen molar-refractivity contribution in [1.82, 2.24) is 24.9 Å². The van der Waals surface area contributed by atoms with Crippen LogP contribution >= 0.6 is 11.6 Å². The van der Waals surface area contributed by atoms with Crippen LogP contribution in [0.2, 0.25) is 5.02 Å². The molecule has 2 aromatic heterocycles. The fourth-order valence-electron chi connectivity index (χ4n) is 4.31. The minimum atomic E-state index is -4.97. The number of amides is 1. The second-order valence-electron chi connectivity index (χ2n) is 9.24. The van der Waals surface area contributed by atoms with E-state index in [4.69, 9.17) is 11.6 Å². The summed E-state index contributed by atoms with van der Waals surface area (Å²) < 4.78 is 80.8. The Morgan fingerprint density at radius 3 is 1.93 bits per heavy atom. The van der Waals surface area contributed by atoms with Crippen LogP contribution in [-0.4, -0.2) is 43.9 Å². The molecule has 0 unspecified atom stereocenters. The number of carbonyl (C=O) groups is 1. The lowest BCUT2D eigenvalue weighted by Crippen LogP contribution is -2.36. The average molecular weight is 596 g/mol. The SMILES string of the molecule is Clc1ccccc1.O=C(c1nnn(Cc2cc(C(F)(F)F)cc(C(F)(F)F)c2)c1-c1ccncc1)N1CCCCC1. The third kappa shape index (κ3) is 7.84. The second kappa shape index (κ2) is 12.7. The van der Waals surface area contributed by atoms with E-state index in [1.54, 1.807) is 17.0 Å². The molecule has 13 heteroatoms. The quantitative estimate of drug-likeness (QED) is 0.231. The van der Waals surface area contributed by atoms with Gasteiger partial charge >= 0.3 is 12.4 Å². The highest BCUT2D eigenvalue weighted by Crippen LogP contribution is 2.37. The maximum Gasteiger partial charge on any atom is 0.416 e. The van der Waals surface area contributed by atoms with E-state index in [1.165, 1.54) is 12.4 Å². The highest BCUT2D eigenvalue weighted by atomic mass is 35.5. The lowest BCUT2D eigenvalue weighted by atomic mass is 10.0. The molecule has 4 aromatic rings. The van der Waals surface area contributed by atoms with Crippen LogP contribution in [0.5, 0.6) is 0 Å². The van der Waals surface area contributed by atoms with Gasteiger partial charge < -0.3 is 4.90 Å². The Morgan fingerprint density at radius 2 is 1.41 bits per heavy atom. The van der Waals surface area contributed by atoms with Gasteiger partial charge in [-0.1, -0.05) is 35.0 Å². The van der Waals surface area contributed by atoms with Crippen molar-refractivity contribution >= 4 is 17.5 Å². The van der Waals surface area contributed by atoms with Gasteiger partial charge in [-0.2, -0.15) is 26.3 Å². The Labute approximate surface area is 236 Å². The van der Waals surface area contributed by atoms with E-state index in [9.17, 15) is 31.1 Å². The minimum Gasteiger partial charge on any atom is -0.337 e. The lowest BCUT2D eigenvalue weighted by Gasteiger charge is -2.26. The number of hydrogen-bond acceptors (Lipinski definition) is 4. The van der Waals surface area contributed by atoms with Gasteiger partial charge in [0.1, 0.15) is 5.69 Å². The molecule has 1 saturated heterocycles. The van der Waals surface area contributed by atoms with Gasteiger partial charge in [0.05, 0.1) is 17.7 Å². The van der Waals surface area contributed by atoms with E-state index in [0.29, 0.717) is 30.8 Å². The monoisotopic (exact) mass is 595 g/mol. The van der Waals surface area contributed by atoms with E-state index in [0.717, 1.165) is 29.0 Å². The fourth-order valence-corrected chi connectivity index (χ4v) is 4.45. The van der Waals surface area contributed by atoms with Gasteiger partial charge in [-0.15, -0.1) is 5.10 Å². The third-order valence-electron chi connectivity index (χ3n) is 6.25. The number of pyridine rings is 1. The average Bonchev–Trinajstić information content (AvgIpc) is 3.36. The van der Waals surface area contributed by atoms with E-state index in [2.05, 4.69) is 15.3 Å². The predicted octanol–water partition coefficient (Wildman–Crippen LogP) is 7.39. The van der Waals surface area contributed by atoms with Crippen LogP contribution in [0.25, 0.3) is 11.3 Å². The summed E-state index contributed by atoms with van der Waals surface area (Å²) in [5.74, 6) is -0.391. The Kier molecular flexibility index (Phi) is 9.31. The van der Waals surface area contributed by atoms with Gasteiger partial charge in [-0.3, -0.25) is 9.78 Å². The van der Waals surface area contributed by atoms with Gasteiger partial charge in [0.25, 0.3) is 5.91 Å². The van der Waals surface area contributed by atoms with Crippen LogP contribution in [-0.2, 0) is 18.9 Å². The molecule has 0 N–H and O–H groups in total. The zero-order valence-corrected chi connectivity index (χ0v) is 22.2. The van der Waals surface area contributed by atoms with Gasteiger partial charge in [0.2, 0.25) is 0 Å². The Hall–Kier alpha value is -3.93. The highest BCUT2D eigenvalue weighted by Gasteiger charge is 2.37. The first-order valence-electron chi connectivity index (χ1n) is 12.6. The molecule has 0 spiro atoms. The van der Waals surface area contributed by atoms with E-state index >= 15 is 0 Å². The number of alkyl halides is 6. The standard InChI is InChI=1S/C22H19F6N5O.C6H5Cl/c23-21(24,25)16-10-14(11-17(12-16)22(26,27)28)13-33-19(15-4-6-29-7-5-15)18(30-31-33)20(34)32-8-2-1-3-9-32;7-6-4-2-1-3-5-6/h4-7,10-12H,1-3,8-9,13H2;1-5H. The van der Waals surface area contributed by atoms with Crippen molar-refractivity contribution < 1.29 is 31.1 Å². The Balaban J connectivity index is 0.000000483. The molecule has 0 atom stereocenters. The number of benzene rings is 2. The van der Waals surface area contributed by atoms with Gasteiger partial charge in [-0.05, 0) is 67.3 Å². The van der Waals surface area contributed by atoms with Gasteiger partial charge in [-0.25, -0.2) is 4.68 Å². The first-order valence-corrected chi connectivity index (χ1v) is 12.9. The number of halogens is 7. The van der Waals surface area contributed by atoms with Crippen molar-refractivity contribution in [1.29, 1.82) is 0 Å². The molecule has 0 saturated carbocycles. The van der Waals surface area contributed by atoms with Crippen molar-refractivity contribution in [2.45, 2.75) is 38.2 Å². The normalized spacial score (nSPS) is 13.9. The van der Waals surface area contributed by atoms with Gasteiger partial charge in [0, 0.05) is 36.1 Å². The van der Waals surface area contributed by atoms with Crippen LogP contribution in [0, 0.1) is 0 Å². The number of piperidine rings is 1. The van der Waals surface area contributed by atoms with Crippen molar-refractivity contribution in [2.75, 3.05) is 13.1 Å². The maximum absolute atomic E-state index is 13.3. The molecule has 5 rings (SSSR count). The topological polar surface area (TPSA) is 63.9 Å². The molecule has 1 aliphatic heterocycles. The summed E-state index contributed by atoms with van der Waals surface area (Å²) in [4.78, 5) is 18.7. The fraction of sp³-hybridized carbons (Fsp3) is 0.286. The number of likely N-dealkylation sites (tertiary alicyclic amines) is 1. The molecule has 0 aliphatic carbocycles. The molecular formula is C28H24ClF6N5O. The lowest BCUT2D eigenvalue weighted by molar-refractivity contribution is -0.143. The van der Waals surface area contributed by atoms with Crippen LogP contribution in [0.15, 0.2) is 73.1 Å². The molecule has 1 amide bonds. The summed E-state index contributed by atoms with van der Waals surface area (Å²) >= 11 is 5.54. The van der Waals surface area contributed by atoms with Crippen molar-refractivity contribution in [3.8, 4) is 11.3 Å². The molecule has 1 aliphatic rings. The summed E-state index contributed by atoms with van der Waals surface area (Å²) in [7, 11) is 0. The van der Waals surface area contributed by atoms with Crippen LogP contribution in [0.4, 0.5) is 26.3 Å². The maximum atomic E-state index is 13.3. The molecule has 2 aromatic carbocycles. The minimum absolute atomic E-state index is 0.0175. The molecular weight excluding hydrogens is 572 g/mol. The summed E-state index contributed by atoms with van der Waals surface area (Å²) in [5, 5.41) is 8.68. The van der Waals surface area contributed by atoms with Crippen LogP contribution in [0.1, 0.15) is 46.4 Å². The number of hydrogen-bond donors (Lipinski definition) is 0. The molecule has 3 heterocycles. The largest absolute Gasteiger partial charge is 0.416 e. The number of nitrogens with zero attached hydrogens (tertiary/aromatic N) is 5. The van der Waals surface area contributed by atoms with E-state index in [1.807, 2.05) is 30.3 Å². The van der Waals surface area contributed by atoms with E-state index < -0.39 is 35.9 Å². The smallest absolute Gasteiger partial charge is 0.337 e. The number of aromatic nitrogens is 4. The molecule has 41 heavy (non-hydrogen) atoms. The van der Waals surface area contributed by atoms with Crippen LogP contribution in [0.3, 0.4) is 0 Å². The summed E-state index contributed by atoms with van der Waals surface area (Å²) in [5.41, 5.74) is -2.48. The summed E-state index contributed by atoms with van der Waals surface area (Å²) in [6, 6.07) is 13.9. The van der Waals surface area contributed by atoms with Crippen molar-refractivity contribution in [3.05, 3.63) is 100 Å². The number of carbonyl (C=O) groups excluding carboxylic acids is 1. The summed E-state index contributed by atoms with van der Waals surface area (Å²) in [6.45, 7) is 0.610. The molecule has 216 valence electrons. The Bertz CT molecular complexity index is 1420. The third-order valence-corrected chi connectivity index (χ3v) is 6.50. The first kappa shape index (κ1) is 30.0. The Morgan fingerprint density at radius 1 is 0.829 bits per heavy atom. The molecule has 6 nitrogen and oxygen atoms in total.